The van der Waals surface area contributed by atoms with Gasteiger partial charge in [-0.1, -0.05) is 81.3 Å². The molecular weight excluding hydrogens is 560 g/mol. The number of hydrogen-bond acceptors (Lipinski definition) is 5. The molecule has 9 heteroatoms. The van der Waals surface area contributed by atoms with E-state index in [1.165, 1.54) is 4.90 Å². The number of nitrogens with one attached hydrogen (secondary N) is 1. The van der Waals surface area contributed by atoms with Crippen molar-refractivity contribution in [3.8, 4) is 0 Å². The largest absolute Gasteiger partial charge is 0.277 e. The molecule has 1 saturated heterocycles. The fourth-order valence-electron chi connectivity index (χ4n) is 4.31. The molecule has 182 valence electrons. The van der Waals surface area contributed by atoms with E-state index in [1.54, 1.807) is 29.3 Å². The summed E-state index contributed by atoms with van der Waals surface area (Å²) in [4.78, 5) is 27.0. The molecule has 0 saturated carbocycles. The highest BCUT2D eigenvalue weighted by atomic mass is 79.9. The van der Waals surface area contributed by atoms with Crippen molar-refractivity contribution in [2.75, 3.05) is 4.90 Å². The van der Waals surface area contributed by atoms with Gasteiger partial charge in [0.1, 0.15) is 5.25 Å². The number of amides is 2. The molecule has 3 aromatic carbocycles. The number of anilines is 1. The molecule has 0 radical (unpaired) electrons. The minimum absolute atomic E-state index is 0.0276. The van der Waals surface area contributed by atoms with E-state index in [0.29, 0.717) is 17.1 Å². The predicted octanol–water partition coefficient (Wildman–Crippen LogP) is 6.56. The Hall–Kier alpha value is -2.94. The summed E-state index contributed by atoms with van der Waals surface area (Å²) in [6.45, 7) is 2.04. The number of halogens is 2. The van der Waals surface area contributed by atoms with Crippen molar-refractivity contribution in [2.45, 2.75) is 31.1 Å². The Bertz CT molecular complexity index is 1360. The molecule has 2 heterocycles. The van der Waals surface area contributed by atoms with Crippen LogP contribution in [0.3, 0.4) is 0 Å². The van der Waals surface area contributed by atoms with Gasteiger partial charge in [0.25, 0.3) is 0 Å². The third-order valence-corrected chi connectivity index (χ3v) is 8.05. The average Bonchev–Trinajstić information content (AvgIpc) is 3.42. The molecule has 0 aromatic heterocycles. The SMILES string of the molecule is Cc1ccc(C2=NN(C(=N)S[C@H]3CC(=O)N(c4ccc(Cl)cc4)C3=O)[C@H](c3ccc(Br)cc3)C2)cc1. The smallest absolute Gasteiger partial charge is 0.247 e. The van der Waals surface area contributed by atoms with E-state index < -0.39 is 5.25 Å². The standard InChI is InChI=1S/C27H22BrClN4O2S/c1-16-2-4-17(5-3-16)22-14-23(18-6-8-19(28)9-7-18)33(31-22)27(30)36-24-15-25(34)32(26(24)35)21-12-10-20(29)11-13-21/h2-13,23-24,30H,14-15H2,1H3/t23-,24-/m0/s1. The first-order valence-electron chi connectivity index (χ1n) is 11.4. The summed E-state index contributed by atoms with van der Waals surface area (Å²) in [6.07, 6.45) is 0.655. The first-order valence-corrected chi connectivity index (χ1v) is 13.4. The average molecular weight is 582 g/mol. The quantitative estimate of drug-likeness (QED) is 0.215. The van der Waals surface area contributed by atoms with Crippen molar-refractivity contribution in [3.63, 3.8) is 0 Å². The van der Waals surface area contributed by atoms with Gasteiger partial charge >= 0.3 is 0 Å². The molecule has 1 fully saturated rings. The highest BCUT2D eigenvalue weighted by molar-refractivity contribution is 9.10. The molecule has 0 unspecified atom stereocenters. The van der Waals surface area contributed by atoms with Crippen LogP contribution in [0.25, 0.3) is 0 Å². The number of nitrogens with zero attached hydrogens (tertiary/aromatic N) is 3. The van der Waals surface area contributed by atoms with Crippen LogP contribution in [0.15, 0.2) is 82.4 Å². The Morgan fingerprint density at radius 1 is 1.00 bits per heavy atom. The maximum Gasteiger partial charge on any atom is 0.247 e. The molecule has 2 amide bonds. The second kappa shape index (κ2) is 10.2. The van der Waals surface area contributed by atoms with E-state index in [0.717, 1.165) is 38.6 Å². The third kappa shape index (κ3) is 4.98. The number of imide groups is 1. The molecule has 36 heavy (non-hydrogen) atoms. The van der Waals surface area contributed by atoms with Crippen LogP contribution >= 0.6 is 39.3 Å². The van der Waals surface area contributed by atoms with E-state index in [-0.39, 0.29) is 29.4 Å². The van der Waals surface area contributed by atoms with Crippen molar-refractivity contribution in [1.82, 2.24) is 5.01 Å². The number of aryl methyl sites for hydroxylation is 1. The number of hydrazone groups is 1. The number of carbonyl (C=O) groups excluding carboxylic acids is 2. The summed E-state index contributed by atoms with van der Waals surface area (Å²) < 4.78 is 0.970. The van der Waals surface area contributed by atoms with Gasteiger partial charge in [-0.2, -0.15) is 5.10 Å². The molecular formula is C27H22BrClN4O2S. The van der Waals surface area contributed by atoms with Crippen LogP contribution < -0.4 is 4.90 Å². The molecule has 0 aliphatic carbocycles. The van der Waals surface area contributed by atoms with Crippen LogP contribution in [0, 0.1) is 12.3 Å². The van der Waals surface area contributed by atoms with Crippen molar-refractivity contribution < 1.29 is 9.59 Å². The number of benzene rings is 3. The molecule has 5 rings (SSSR count). The molecule has 2 aliphatic heterocycles. The van der Waals surface area contributed by atoms with E-state index in [9.17, 15) is 9.59 Å². The Kier molecular flexibility index (Phi) is 7.01. The van der Waals surface area contributed by atoms with E-state index in [4.69, 9.17) is 22.1 Å². The first-order chi connectivity index (χ1) is 17.3. The number of thioether (sulfide) groups is 1. The zero-order valence-corrected chi connectivity index (χ0v) is 22.5. The second-order valence-corrected chi connectivity index (χ2v) is 11.2. The van der Waals surface area contributed by atoms with Gasteiger partial charge in [-0.3, -0.25) is 15.0 Å². The molecule has 6 nitrogen and oxygen atoms in total. The van der Waals surface area contributed by atoms with Crippen molar-refractivity contribution in [1.29, 1.82) is 5.41 Å². The molecule has 1 N–H and O–H groups in total. The highest BCUT2D eigenvalue weighted by Gasteiger charge is 2.42. The molecule has 0 bridgehead atoms. The lowest BCUT2D eigenvalue weighted by Gasteiger charge is -2.24. The van der Waals surface area contributed by atoms with E-state index in [1.807, 2.05) is 55.5 Å². The van der Waals surface area contributed by atoms with Crippen LogP contribution in [-0.4, -0.2) is 33.0 Å². The van der Waals surface area contributed by atoms with Crippen LogP contribution in [-0.2, 0) is 9.59 Å². The minimum Gasteiger partial charge on any atom is -0.277 e. The van der Waals surface area contributed by atoms with E-state index >= 15 is 0 Å². The van der Waals surface area contributed by atoms with Gasteiger partial charge in [-0.15, -0.1) is 0 Å². The Balaban J connectivity index is 1.39. The Morgan fingerprint density at radius 2 is 1.67 bits per heavy atom. The zero-order valence-electron chi connectivity index (χ0n) is 19.3. The number of carbonyl (C=O) groups is 2. The van der Waals surface area contributed by atoms with Crippen molar-refractivity contribution >= 4 is 67.7 Å². The van der Waals surface area contributed by atoms with Crippen LogP contribution in [0.4, 0.5) is 5.69 Å². The highest BCUT2D eigenvalue weighted by Crippen LogP contribution is 2.38. The van der Waals surface area contributed by atoms with Crippen LogP contribution in [0.2, 0.25) is 5.02 Å². The maximum absolute atomic E-state index is 13.2. The lowest BCUT2D eigenvalue weighted by molar-refractivity contribution is -0.121. The lowest BCUT2D eigenvalue weighted by atomic mass is 9.98. The summed E-state index contributed by atoms with van der Waals surface area (Å²) >= 11 is 10.5. The topological polar surface area (TPSA) is 76.8 Å². The molecule has 2 atom stereocenters. The number of hydrogen-bond donors (Lipinski definition) is 1. The maximum atomic E-state index is 13.2. The molecule has 0 spiro atoms. The predicted molar refractivity (Wildman–Crippen MR) is 149 cm³/mol. The van der Waals surface area contributed by atoms with E-state index in [2.05, 4.69) is 15.9 Å². The summed E-state index contributed by atoms with van der Waals surface area (Å²) in [7, 11) is 0. The van der Waals surface area contributed by atoms with Crippen molar-refractivity contribution in [2.24, 2.45) is 5.10 Å². The lowest BCUT2D eigenvalue weighted by Crippen LogP contribution is -2.32. The van der Waals surface area contributed by atoms with Crippen LogP contribution in [0.1, 0.15) is 35.6 Å². The second-order valence-electron chi connectivity index (χ2n) is 8.69. The number of amidine groups is 1. The fourth-order valence-corrected chi connectivity index (χ4v) is 5.68. The van der Waals surface area contributed by atoms with Gasteiger partial charge < -0.3 is 0 Å². The summed E-state index contributed by atoms with van der Waals surface area (Å²) in [5.74, 6) is -0.624. The normalized spacial score (nSPS) is 19.7. The summed E-state index contributed by atoms with van der Waals surface area (Å²) in [5, 5.41) is 15.3. The number of rotatable bonds is 4. The van der Waals surface area contributed by atoms with Gasteiger partial charge in [-0.05, 0) is 54.4 Å². The fraction of sp³-hybridized carbons (Fsp3) is 0.185. The summed E-state index contributed by atoms with van der Waals surface area (Å²) in [6, 6.07) is 22.5. The van der Waals surface area contributed by atoms with Gasteiger partial charge in [0.05, 0.1) is 17.4 Å². The van der Waals surface area contributed by atoms with Gasteiger partial charge in [0, 0.05) is 22.3 Å². The Morgan fingerprint density at radius 3 is 2.33 bits per heavy atom. The first kappa shape index (κ1) is 24.7. The monoisotopic (exact) mass is 580 g/mol. The summed E-state index contributed by atoms with van der Waals surface area (Å²) in [5.41, 5.74) is 4.55. The zero-order chi connectivity index (χ0) is 25.4. The minimum atomic E-state index is -0.690. The van der Waals surface area contributed by atoms with Gasteiger partial charge in [-0.25, -0.2) is 9.91 Å². The van der Waals surface area contributed by atoms with Crippen molar-refractivity contribution in [3.05, 3.63) is 99.0 Å². The molecule has 2 aliphatic rings. The Labute approximate surface area is 227 Å². The van der Waals surface area contributed by atoms with Crippen LogP contribution in [0.5, 0.6) is 0 Å². The molecule has 3 aromatic rings. The van der Waals surface area contributed by atoms with Gasteiger partial charge in [0.15, 0.2) is 5.17 Å². The van der Waals surface area contributed by atoms with Gasteiger partial charge in [0.2, 0.25) is 11.8 Å². The third-order valence-electron chi connectivity index (χ3n) is 6.20.